The maximum absolute atomic E-state index is 11.9. The molecule has 0 heterocycles. The highest BCUT2D eigenvalue weighted by molar-refractivity contribution is 5.80. The fourth-order valence-electron chi connectivity index (χ4n) is 3.31. The number of amides is 1. The summed E-state index contributed by atoms with van der Waals surface area (Å²) >= 11 is 0. The van der Waals surface area contributed by atoms with Crippen LogP contribution in [0.2, 0.25) is 0 Å². The van der Waals surface area contributed by atoms with E-state index in [1.165, 1.54) is 0 Å². The van der Waals surface area contributed by atoms with Gasteiger partial charge in [-0.05, 0) is 57.2 Å². The summed E-state index contributed by atoms with van der Waals surface area (Å²) in [5, 5.41) is 6.73. The minimum absolute atomic E-state index is 0.00988. The summed E-state index contributed by atoms with van der Waals surface area (Å²) in [5.74, 6) is 0.757. The van der Waals surface area contributed by atoms with E-state index in [1.54, 1.807) is 6.07 Å². The van der Waals surface area contributed by atoms with Crippen molar-refractivity contribution in [3.05, 3.63) is 29.8 Å². The summed E-state index contributed by atoms with van der Waals surface area (Å²) in [6.45, 7) is 5.37. The average Bonchev–Trinajstić information content (AvgIpc) is 2.72. The lowest BCUT2D eigenvalue weighted by Crippen LogP contribution is -2.45. The summed E-state index contributed by atoms with van der Waals surface area (Å²) < 4.78 is 10.5. The summed E-state index contributed by atoms with van der Waals surface area (Å²) in [4.78, 5) is 27.4. The van der Waals surface area contributed by atoms with Crippen molar-refractivity contribution in [3.8, 4) is 5.75 Å². The molecule has 1 aliphatic carbocycles. The number of hydrogen-bond donors (Lipinski definition) is 3. The number of hydrogen-bond acceptors (Lipinski definition) is 5. The molecule has 8 nitrogen and oxygen atoms in total. The standard InChI is InChI=1S/C21H32N4O4/c1-3-23-21(25-17-10-8-16(9-11-17)20(27)28-4-2)24-13-15-6-5-7-18(12-15)29-14-19(22)26/h5-7,12,16-17H,3-4,8-11,13-14H2,1-2H3,(H2,22,26)(H2,23,24,25). The van der Waals surface area contributed by atoms with Crippen LogP contribution in [0.4, 0.5) is 0 Å². The Labute approximate surface area is 172 Å². The van der Waals surface area contributed by atoms with Gasteiger partial charge in [0.05, 0.1) is 19.1 Å². The summed E-state index contributed by atoms with van der Waals surface area (Å²) in [5.41, 5.74) is 6.08. The number of benzene rings is 1. The molecule has 0 bridgehead atoms. The van der Waals surface area contributed by atoms with Crippen molar-refractivity contribution in [2.24, 2.45) is 16.6 Å². The second-order valence-corrected chi connectivity index (χ2v) is 7.04. The van der Waals surface area contributed by atoms with E-state index < -0.39 is 5.91 Å². The van der Waals surface area contributed by atoms with Gasteiger partial charge in [0.15, 0.2) is 12.6 Å². The summed E-state index contributed by atoms with van der Waals surface area (Å²) in [6, 6.07) is 7.72. The molecule has 2 rings (SSSR count). The normalized spacial score (nSPS) is 19.3. The lowest BCUT2D eigenvalue weighted by atomic mass is 9.86. The second kappa shape index (κ2) is 11.9. The Kier molecular flexibility index (Phi) is 9.27. The Morgan fingerprint density at radius 2 is 1.97 bits per heavy atom. The molecule has 4 N–H and O–H groups in total. The molecule has 1 aromatic rings. The third-order valence-electron chi connectivity index (χ3n) is 4.73. The number of primary amides is 1. The number of rotatable bonds is 9. The Bertz CT molecular complexity index is 700. The minimum atomic E-state index is -0.510. The van der Waals surface area contributed by atoms with Gasteiger partial charge in [-0.2, -0.15) is 0 Å². The van der Waals surface area contributed by atoms with E-state index in [0.717, 1.165) is 43.8 Å². The van der Waals surface area contributed by atoms with E-state index in [-0.39, 0.29) is 24.5 Å². The van der Waals surface area contributed by atoms with Crippen molar-refractivity contribution in [2.45, 2.75) is 52.1 Å². The van der Waals surface area contributed by atoms with E-state index in [4.69, 9.17) is 15.2 Å². The van der Waals surface area contributed by atoms with Crippen LogP contribution in [0, 0.1) is 5.92 Å². The zero-order chi connectivity index (χ0) is 21.1. The second-order valence-electron chi connectivity index (χ2n) is 7.04. The highest BCUT2D eigenvalue weighted by Gasteiger charge is 2.27. The molecule has 1 aliphatic rings. The van der Waals surface area contributed by atoms with Crippen molar-refractivity contribution in [2.75, 3.05) is 19.8 Å². The molecule has 29 heavy (non-hydrogen) atoms. The van der Waals surface area contributed by atoms with Gasteiger partial charge >= 0.3 is 5.97 Å². The molecule has 1 aromatic carbocycles. The van der Waals surface area contributed by atoms with Crippen molar-refractivity contribution in [3.63, 3.8) is 0 Å². The van der Waals surface area contributed by atoms with Crippen LogP contribution in [0.15, 0.2) is 29.3 Å². The maximum atomic E-state index is 11.9. The van der Waals surface area contributed by atoms with Crippen molar-refractivity contribution < 1.29 is 19.1 Å². The Morgan fingerprint density at radius 1 is 1.21 bits per heavy atom. The molecule has 0 spiro atoms. The number of guanidine groups is 1. The molecule has 0 aromatic heterocycles. The third-order valence-corrected chi connectivity index (χ3v) is 4.73. The van der Waals surface area contributed by atoms with Crippen LogP contribution in [0.5, 0.6) is 5.75 Å². The lowest BCUT2D eigenvalue weighted by molar-refractivity contribution is -0.149. The molecule has 0 radical (unpaired) electrons. The molecule has 160 valence electrons. The SMILES string of the molecule is CCNC(=NCc1cccc(OCC(N)=O)c1)NC1CCC(C(=O)OCC)CC1. The molecule has 0 atom stereocenters. The Morgan fingerprint density at radius 3 is 2.62 bits per heavy atom. The van der Waals surface area contributed by atoms with Gasteiger partial charge in [-0.3, -0.25) is 9.59 Å². The van der Waals surface area contributed by atoms with E-state index in [1.807, 2.05) is 32.0 Å². The van der Waals surface area contributed by atoms with Gasteiger partial charge in [0, 0.05) is 12.6 Å². The minimum Gasteiger partial charge on any atom is -0.484 e. The fraction of sp³-hybridized carbons (Fsp3) is 0.571. The molecule has 0 unspecified atom stereocenters. The number of esters is 1. The van der Waals surface area contributed by atoms with Gasteiger partial charge in [0.1, 0.15) is 5.75 Å². The average molecular weight is 405 g/mol. The van der Waals surface area contributed by atoms with Crippen LogP contribution in [-0.2, 0) is 20.9 Å². The third kappa shape index (κ3) is 8.01. The number of nitrogens with one attached hydrogen (secondary N) is 2. The molecule has 1 fully saturated rings. The number of ether oxygens (including phenoxy) is 2. The first kappa shape index (κ1) is 22.5. The number of nitrogens with zero attached hydrogens (tertiary/aromatic N) is 1. The Balaban J connectivity index is 1.89. The number of carbonyl (C=O) groups excluding carboxylic acids is 2. The van der Waals surface area contributed by atoms with Crippen LogP contribution in [0.3, 0.4) is 0 Å². The summed E-state index contributed by atoms with van der Waals surface area (Å²) in [7, 11) is 0. The van der Waals surface area contributed by atoms with Crippen LogP contribution in [0.1, 0.15) is 45.1 Å². The molecule has 0 saturated heterocycles. The lowest BCUT2D eigenvalue weighted by Gasteiger charge is -2.29. The first-order valence-electron chi connectivity index (χ1n) is 10.2. The predicted molar refractivity (Wildman–Crippen MR) is 111 cm³/mol. The van der Waals surface area contributed by atoms with Gasteiger partial charge in [0.2, 0.25) is 0 Å². The molecule has 8 heteroatoms. The topological polar surface area (TPSA) is 115 Å². The number of aliphatic imine (C=N–C) groups is 1. The van der Waals surface area contributed by atoms with Gasteiger partial charge in [-0.15, -0.1) is 0 Å². The van der Waals surface area contributed by atoms with Gasteiger partial charge in [0.25, 0.3) is 5.91 Å². The predicted octanol–water partition coefficient (Wildman–Crippen LogP) is 1.73. The van der Waals surface area contributed by atoms with Gasteiger partial charge < -0.3 is 25.8 Å². The monoisotopic (exact) mass is 404 g/mol. The molecular weight excluding hydrogens is 372 g/mol. The fourth-order valence-corrected chi connectivity index (χ4v) is 3.31. The van der Waals surface area contributed by atoms with Gasteiger partial charge in [-0.25, -0.2) is 4.99 Å². The largest absolute Gasteiger partial charge is 0.484 e. The molecule has 0 aliphatic heterocycles. The molecular formula is C21H32N4O4. The van der Waals surface area contributed by atoms with E-state index >= 15 is 0 Å². The summed E-state index contributed by atoms with van der Waals surface area (Å²) in [6.07, 6.45) is 3.47. The first-order chi connectivity index (χ1) is 14.0. The first-order valence-corrected chi connectivity index (χ1v) is 10.2. The maximum Gasteiger partial charge on any atom is 0.308 e. The van der Waals surface area contributed by atoms with Crippen LogP contribution in [0.25, 0.3) is 0 Å². The Hall–Kier alpha value is -2.77. The molecule has 1 amide bonds. The van der Waals surface area contributed by atoms with Crippen molar-refractivity contribution in [1.82, 2.24) is 10.6 Å². The quantitative estimate of drug-likeness (QED) is 0.328. The van der Waals surface area contributed by atoms with E-state index in [9.17, 15) is 9.59 Å². The highest BCUT2D eigenvalue weighted by atomic mass is 16.5. The number of carbonyl (C=O) groups is 2. The van der Waals surface area contributed by atoms with Crippen LogP contribution in [-0.4, -0.2) is 43.6 Å². The van der Waals surface area contributed by atoms with Crippen LogP contribution >= 0.6 is 0 Å². The van der Waals surface area contributed by atoms with Crippen LogP contribution < -0.4 is 21.1 Å². The van der Waals surface area contributed by atoms with Crippen molar-refractivity contribution >= 4 is 17.8 Å². The highest BCUT2D eigenvalue weighted by Crippen LogP contribution is 2.25. The molecule has 1 saturated carbocycles. The van der Waals surface area contributed by atoms with E-state index in [2.05, 4.69) is 15.6 Å². The zero-order valence-corrected chi connectivity index (χ0v) is 17.3. The number of nitrogens with two attached hydrogens (primary N) is 1. The van der Waals surface area contributed by atoms with Gasteiger partial charge in [-0.1, -0.05) is 12.1 Å². The van der Waals surface area contributed by atoms with E-state index in [0.29, 0.717) is 18.9 Å². The van der Waals surface area contributed by atoms with Crippen molar-refractivity contribution in [1.29, 1.82) is 0 Å². The zero-order valence-electron chi connectivity index (χ0n) is 17.3. The smallest absolute Gasteiger partial charge is 0.308 e.